The first-order valence-electron chi connectivity index (χ1n) is 9.76. The van der Waals surface area contributed by atoms with Gasteiger partial charge in [0.1, 0.15) is 0 Å². The number of carbonyl (C=O) groups excluding carboxylic acids is 1. The number of benzene rings is 2. The number of carbonyl (C=O) groups is 1. The van der Waals surface area contributed by atoms with E-state index in [2.05, 4.69) is 10.2 Å². The van der Waals surface area contributed by atoms with Gasteiger partial charge in [-0.15, -0.1) is 0 Å². The van der Waals surface area contributed by atoms with Crippen LogP contribution < -0.4 is 14.5 Å². The van der Waals surface area contributed by atoms with Crippen molar-refractivity contribution in [3.8, 4) is 0 Å². The van der Waals surface area contributed by atoms with Crippen molar-refractivity contribution in [2.45, 2.75) is 26.7 Å². The molecule has 29 heavy (non-hydrogen) atoms. The predicted molar refractivity (Wildman–Crippen MR) is 120 cm³/mol. The molecule has 0 aliphatic carbocycles. The fraction of sp³-hybridized carbons (Fsp3) is 0.409. The highest BCUT2D eigenvalue weighted by atomic mass is 32.2. The van der Waals surface area contributed by atoms with Crippen LogP contribution in [-0.2, 0) is 14.8 Å². The maximum Gasteiger partial charge on any atom is 0.232 e. The summed E-state index contributed by atoms with van der Waals surface area (Å²) in [7, 11) is -1.43. The number of hydrogen-bond acceptors (Lipinski definition) is 4. The Morgan fingerprint density at radius 1 is 0.966 bits per heavy atom. The number of hydrogen-bond donors (Lipinski definition) is 1. The quantitative estimate of drug-likeness (QED) is 0.645. The van der Waals surface area contributed by atoms with E-state index in [0.29, 0.717) is 25.2 Å². The number of sulfonamides is 1. The second kappa shape index (κ2) is 10.3. The van der Waals surface area contributed by atoms with E-state index in [1.54, 1.807) is 0 Å². The average Bonchev–Trinajstić information content (AvgIpc) is 2.67. The molecule has 1 amide bonds. The predicted octanol–water partition coefficient (Wildman–Crippen LogP) is 3.10. The zero-order chi connectivity index (χ0) is 21.4. The first-order chi connectivity index (χ1) is 13.7. The van der Waals surface area contributed by atoms with Crippen LogP contribution in [0.4, 0.5) is 11.4 Å². The molecule has 0 heterocycles. The zero-order valence-electron chi connectivity index (χ0n) is 17.7. The van der Waals surface area contributed by atoms with Crippen molar-refractivity contribution in [2.24, 2.45) is 0 Å². The summed E-state index contributed by atoms with van der Waals surface area (Å²) in [6, 6.07) is 15.6. The van der Waals surface area contributed by atoms with Crippen molar-refractivity contribution in [1.29, 1.82) is 0 Å². The Hall–Kier alpha value is -2.54. The Morgan fingerprint density at radius 2 is 1.66 bits per heavy atom. The Balaban J connectivity index is 1.81. The average molecular weight is 418 g/mol. The second-order valence-corrected chi connectivity index (χ2v) is 9.22. The normalized spacial score (nSPS) is 11.2. The Kier molecular flexibility index (Phi) is 8.08. The van der Waals surface area contributed by atoms with Gasteiger partial charge in [0.2, 0.25) is 15.9 Å². The number of nitrogens with one attached hydrogen (secondary N) is 1. The Morgan fingerprint density at radius 3 is 2.28 bits per heavy atom. The lowest BCUT2D eigenvalue weighted by molar-refractivity contribution is -0.121. The third-order valence-electron chi connectivity index (χ3n) is 4.91. The van der Waals surface area contributed by atoms with Crippen LogP contribution in [-0.4, -0.2) is 47.3 Å². The fourth-order valence-corrected chi connectivity index (χ4v) is 3.97. The van der Waals surface area contributed by atoms with E-state index in [0.717, 1.165) is 16.8 Å². The molecule has 6 nitrogen and oxygen atoms in total. The van der Waals surface area contributed by atoms with Crippen molar-refractivity contribution in [1.82, 2.24) is 5.32 Å². The summed E-state index contributed by atoms with van der Waals surface area (Å²) in [5.74, 6) is -0.0694. The molecule has 2 aromatic carbocycles. The van der Waals surface area contributed by atoms with Gasteiger partial charge < -0.3 is 10.2 Å². The highest BCUT2D eigenvalue weighted by Crippen LogP contribution is 2.21. The van der Waals surface area contributed by atoms with Crippen molar-refractivity contribution >= 4 is 27.3 Å². The first-order valence-corrected chi connectivity index (χ1v) is 11.6. The molecule has 0 unspecified atom stereocenters. The van der Waals surface area contributed by atoms with Gasteiger partial charge in [0.15, 0.2) is 0 Å². The first kappa shape index (κ1) is 22.7. The third-order valence-corrected chi connectivity index (χ3v) is 6.10. The smallest absolute Gasteiger partial charge is 0.232 e. The van der Waals surface area contributed by atoms with E-state index >= 15 is 0 Å². The highest BCUT2D eigenvalue weighted by Gasteiger charge is 2.18. The highest BCUT2D eigenvalue weighted by molar-refractivity contribution is 7.92. The number of anilines is 2. The van der Waals surface area contributed by atoms with Crippen LogP contribution in [0.1, 0.15) is 24.0 Å². The van der Waals surface area contributed by atoms with E-state index in [1.807, 2.05) is 69.4 Å². The summed E-state index contributed by atoms with van der Waals surface area (Å²) in [5.41, 5.74) is 3.89. The molecule has 0 atom stereocenters. The van der Waals surface area contributed by atoms with Gasteiger partial charge in [0, 0.05) is 38.8 Å². The largest absolute Gasteiger partial charge is 0.373 e. The molecule has 2 aromatic rings. The topological polar surface area (TPSA) is 69.7 Å². The van der Waals surface area contributed by atoms with Gasteiger partial charge in [-0.1, -0.05) is 24.3 Å². The Bertz CT molecular complexity index is 914. The molecule has 0 aliphatic heterocycles. The van der Waals surface area contributed by atoms with Crippen molar-refractivity contribution < 1.29 is 13.2 Å². The van der Waals surface area contributed by atoms with Crippen LogP contribution in [0.25, 0.3) is 0 Å². The van der Waals surface area contributed by atoms with Gasteiger partial charge in [-0.3, -0.25) is 9.10 Å². The Labute approximate surface area is 174 Å². The van der Waals surface area contributed by atoms with Gasteiger partial charge in [0.05, 0.1) is 11.9 Å². The van der Waals surface area contributed by atoms with Crippen LogP contribution >= 0.6 is 0 Å². The van der Waals surface area contributed by atoms with Crippen LogP contribution in [0.5, 0.6) is 0 Å². The van der Waals surface area contributed by atoms with Gasteiger partial charge in [0.25, 0.3) is 0 Å². The molecule has 7 heteroatoms. The number of likely N-dealkylation sites (N-methyl/N-ethyl adjacent to an activating group) is 1. The van der Waals surface area contributed by atoms with Crippen LogP contribution in [0.2, 0.25) is 0 Å². The van der Waals surface area contributed by atoms with E-state index in [4.69, 9.17) is 0 Å². The number of nitrogens with zero attached hydrogens (tertiary/aromatic N) is 2. The summed E-state index contributed by atoms with van der Waals surface area (Å²) in [5, 5.41) is 2.90. The molecule has 0 spiro atoms. The van der Waals surface area contributed by atoms with Gasteiger partial charge in [-0.25, -0.2) is 8.42 Å². The molecule has 158 valence electrons. The molecule has 0 fully saturated rings. The molecular weight excluding hydrogens is 386 g/mol. The van der Waals surface area contributed by atoms with Crippen molar-refractivity contribution in [2.75, 3.05) is 42.1 Å². The second-order valence-electron chi connectivity index (χ2n) is 7.31. The zero-order valence-corrected chi connectivity index (χ0v) is 18.5. The monoisotopic (exact) mass is 417 g/mol. The van der Waals surface area contributed by atoms with Gasteiger partial charge in [-0.05, 0) is 55.7 Å². The van der Waals surface area contributed by atoms with Gasteiger partial charge in [-0.2, -0.15) is 0 Å². The van der Waals surface area contributed by atoms with E-state index in [-0.39, 0.29) is 18.9 Å². The lowest BCUT2D eigenvalue weighted by Crippen LogP contribution is -2.34. The molecule has 0 saturated carbocycles. The van der Waals surface area contributed by atoms with Crippen LogP contribution in [0.3, 0.4) is 0 Å². The molecule has 1 N–H and O–H groups in total. The maximum absolute atomic E-state index is 12.2. The minimum absolute atomic E-state index is 0.0694. The minimum atomic E-state index is -3.41. The van der Waals surface area contributed by atoms with E-state index < -0.39 is 10.0 Å². The minimum Gasteiger partial charge on any atom is -0.373 e. The summed E-state index contributed by atoms with van der Waals surface area (Å²) in [6.45, 7) is 5.46. The molecular formula is C22H31N3O3S. The molecule has 2 rings (SSSR count). The summed E-state index contributed by atoms with van der Waals surface area (Å²) in [6.07, 6.45) is 1.94. The SMILES string of the molecule is Cc1ccc(N(CCCC(=O)NCCN(C)c2ccccc2)S(C)(=O)=O)cc1C. The molecule has 0 saturated heterocycles. The maximum atomic E-state index is 12.2. The summed E-state index contributed by atoms with van der Waals surface area (Å²) >= 11 is 0. The van der Waals surface area contributed by atoms with Crippen LogP contribution in [0.15, 0.2) is 48.5 Å². The lowest BCUT2D eigenvalue weighted by atomic mass is 10.1. The van der Waals surface area contributed by atoms with Crippen molar-refractivity contribution in [3.63, 3.8) is 0 Å². The molecule has 0 bridgehead atoms. The summed E-state index contributed by atoms with van der Waals surface area (Å²) < 4.78 is 25.8. The fourth-order valence-electron chi connectivity index (χ4n) is 3.01. The third kappa shape index (κ3) is 7.09. The molecule has 0 aliphatic rings. The van der Waals surface area contributed by atoms with Crippen LogP contribution in [0, 0.1) is 13.8 Å². The molecule has 0 radical (unpaired) electrons. The summed E-state index contributed by atoms with van der Waals surface area (Å²) in [4.78, 5) is 14.2. The lowest BCUT2D eigenvalue weighted by Gasteiger charge is -2.23. The van der Waals surface area contributed by atoms with Gasteiger partial charge >= 0.3 is 0 Å². The van der Waals surface area contributed by atoms with Crippen molar-refractivity contribution in [3.05, 3.63) is 59.7 Å². The number of amides is 1. The number of para-hydroxylation sites is 1. The number of aryl methyl sites for hydroxylation is 2. The molecule has 0 aromatic heterocycles. The number of rotatable bonds is 10. The van der Waals surface area contributed by atoms with E-state index in [9.17, 15) is 13.2 Å². The standard InChI is InChI=1S/C22H31N3O3S/c1-18-12-13-21(17-19(18)2)25(29(4,27)28)15-8-11-22(26)23-14-16-24(3)20-9-6-5-7-10-20/h5-7,9-10,12-13,17H,8,11,14-16H2,1-4H3,(H,23,26). The van der Waals surface area contributed by atoms with E-state index in [1.165, 1.54) is 10.6 Å².